The van der Waals surface area contributed by atoms with Crippen LogP contribution in [0.25, 0.3) is 0 Å². The minimum absolute atomic E-state index is 0.0187. The number of amides is 2. The van der Waals surface area contributed by atoms with Crippen LogP contribution in [0.15, 0.2) is 0 Å². The van der Waals surface area contributed by atoms with Gasteiger partial charge in [0.25, 0.3) is 0 Å². The van der Waals surface area contributed by atoms with Crippen molar-refractivity contribution < 1.29 is 9.59 Å². The first-order valence-corrected chi connectivity index (χ1v) is 7.23. The molecule has 1 rings (SSSR count). The third-order valence-electron chi connectivity index (χ3n) is 3.92. The smallest absolute Gasteiger partial charge is 0.246 e. The van der Waals surface area contributed by atoms with Gasteiger partial charge in [-0.2, -0.15) is 0 Å². The molecule has 0 aliphatic carbocycles. The van der Waals surface area contributed by atoms with Crippen molar-refractivity contribution in [2.75, 3.05) is 0 Å². The number of nitrogens with one attached hydrogen (secondary N) is 1. The van der Waals surface area contributed by atoms with Crippen LogP contribution in [0.2, 0.25) is 0 Å². The highest BCUT2D eigenvalue weighted by Crippen LogP contribution is 2.29. The normalized spacial score (nSPS) is 26.6. The van der Waals surface area contributed by atoms with Gasteiger partial charge < -0.3 is 10.2 Å². The summed E-state index contributed by atoms with van der Waals surface area (Å²) in [5, 5.41) is 2.92. The summed E-state index contributed by atoms with van der Waals surface area (Å²) >= 11 is 0. The number of hydrogen-bond acceptors (Lipinski definition) is 2. The quantitative estimate of drug-likeness (QED) is 0.853. The van der Waals surface area contributed by atoms with Crippen molar-refractivity contribution >= 4 is 11.8 Å². The van der Waals surface area contributed by atoms with E-state index >= 15 is 0 Å². The van der Waals surface area contributed by atoms with Crippen LogP contribution in [0, 0.1) is 11.3 Å². The number of carbonyl (C=O) groups is 2. The molecule has 19 heavy (non-hydrogen) atoms. The fourth-order valence-electron chi connectivity index (χ4n) is 2.60. The first kappa shape index (κ1) is 16.0. The number of hydrogen-bond donors (Lipinski definition) is 1. The van der Waals surface area contributed by atoms with Crippen molar-refractivity contribution in [3.63, 3.8) is 0 Å². The van der Waals surface area contributed by atoms with Crippen LogP contribution in [-0.2, 0) is 9.59 Å². The second-order valence-corrected chi connectivity index (χ2v) is 7.00. The molecular formula is C15H28N2O2. The fraction of sp³-hybridized carbons (Fsp3) is 0.867. The zero-order chi connectivity index (χ0) is 15.0. The molecule has 0 spiro atoms. The molecule has 0 aromatic carbocycles. The molecule has 0 bridgehead atoms. The summed E-state index contributed by atoms with van der Waals surface area (Å²) in [6.07, 6.45) is 0.860. The highest BCUT2D eigenvalue weighted by atomic mass is 16.2. The van der Waals surface area contributed by atoms with E-state index in [2.05, 4.69) is 5.32 Å². The van der Waals surface area contributed by atoms with Gasteiger partial charge in [-0.1, -0.05) is 41.5 Å². The zero-order valence-electron chi connectivity index (χ0n) is 13.3. The van der Waals surface area contributed by atoms with Gasteiger partial charge in [0.05, 0.1) is 0 Å². The zero-order valence-corrected chi connectivity index (χ0v) is 13.3. The summed E-state index contributed by atoms with van der Waals surface area (Å²) in [6.45, 7) is 14.0. The van der Waals surface area contributed by atoms with Crippen molar-refractivity contribution in [2.45, 2.75) is 73.0 Å². The first-order chi connectivity index (χ1) is 8.61. The molecular weight excluding hydrogens is 240 g/mol. The van der Waals surface area contributed by atoms with E-state index in [9.17, 15) is 9.59 Å². The van der Waals surface area contributed by atoms with Crippen LogP contribution < -0.4 is 5.32 Å². The van der Waals surface area contributed by atoms with Gasteiger partial charge in [-0.15, -0.1) is 0 Å². The number of piperazine rings is 1. The second-order valence-electron chi connectivity index (χ2n) is 7.00. The van der Waals surface area contributed by atoms with Crippen molar-refractivity contribution in [2.24, 2.45) is 11.3 Å². The van der Waals surface area contributed by atoms with Gasteiger partial charge in [0.1, 0.15) is 12.1 Å². The van der Waals surface area contributed by atoms with Crippen molar-refractivity contribution in [3.8, 4) is 0 Å². The van der Waals surface area contributed by atoms with Gasteiger partial charge >= 0.3 is 0 Å². The van der Waals surface area contributed by atoms with E-state index in [4.69, 9.17) is 0 Å². The number of carbonyl (C=O) groups excluding carboxylic acids is 2. The van der Waals surface area contributed by atoms with Gasteiger partial charge in [-0.3, -0.25) is 9.59 Å². The molecule has 3 atom stereocenters. The van der Waals surface area contributed by atoms with Crippen LogP contribution >= 0.6 is 0 Å². The molecule has 0 aromatic heterocycles. The summed E-state index contributed by atoms with van der Waals surface area (Å²) in [4.78, 5) is 26.9. The number of rotatable bonds is 3. The molecule has 4 heteroatoms. The van der Waals surface area contributed by atoms with Crippen molar-refractivity contribution in [1.82, 2.24) is 10.2 Å². The molecule has 1 N–H and O–H groups in total. The van der Waals surface area contributed by atoms with E-state index in [1.807, 2.05) is 48.5 Å². The van der Waals surface area contributed by atoms with Gasteiger partial charge in [0.2, 0.25) is 11.8 Å². The largest absolute Gasteiger partial charge is 0.342 e. The third-order valence-corrected chi connectivity index (χ3v) is 3.92. The van der Waals surface area contributed by atoms with Gasteiger partial charge in [0.15, 0.2) is 0 Å². The highest BCUT2D eigenvalue weighted by molar-refractivity contribution is 5.97. The molecule has 110 valence electrons. The summed E-state index contributed by atoms with van der Waals surface area (Å²) in [5.41, 5.74) is -0.263. The summed E-state index contributed by atoms with van der Waals surface area (Å²) in [5.74, 6) is 0.161. The first-order valence-electron chi connectivity index (χ1n) is 7.23. The Labute approximate surface area is 116 Å². The maximum Gasteiger partial charge on any atom is 0.246 e. The molecule has 3 unspecified atom stereocenters. The van der Waals surface area contributed by atoms with Crippen molar-refractivity contribution in [3.05, 3.63) is 0 Å². The molecule has 1 fully saturated rings. The standard InChI is InChI=1S/C15H28N2O2/c1-8-10(4)17-11(9(2)3)13(18)16-12(14(17)19)15(5,6)7/h9-12H,8H2,1-7H3,(H,16,18). The van der Waals surface area contributed by atoms with E-state index < -0.39 is 6.04 Å². The van der Waals surface area contributed by atoms with Crippen LogP contribution in [0.4, 0.5) is 0 Å². The van der Waals surface area contributed by atoms with E-state index in [1.165, 1.54) is 0 Å². The van der Waals surface area contributed by atoms with Crippen LogP contribution in [0.5, 0.6) is 0 Å². The fourth-order valence-corrected chi connectivity index (χ4v) is 2.60. The third kappa shape index (κ3) is 3.10. The van der Waals surface area contributed by atoms with E-state index in [0.717, 1.165) is 6.42 Å². The lowest BCUT2D eigenvalue weighted by Crippen LogP contribution is -2.69. The van der Waals surface area contributed by atoms with Gasteiger partial charge in [-0.25, -0.2) is 0 Å². The average molecular weight is 268 g/mol. The predicted molar refractivity (Wildman–Crippen MR) is 76.6 cm³/mol. The monoisotopic (exact) mass is 268 g/mol. The summed E-state index contributed by atoms with van der Waals surface area (Å²) < 4.78 is 0. The Morgan fingerprint density at radius 3 is 2.11 bits per heavy atom. The van der Waals surface area contributed by atoms with Gasteiger partial charge in [-0.05, 0) is 24.7 Å². The van der Waals surface area contributed by atoms with E-state index in [-0.39, 0.29) is 35.2 Å². The molecule has 0 radical (unpaired) electrons. The van der Waals surface area contributed by atoms with E-state index in [1.54, 1.807) is 4.90 Å². The predicted octanol–water partition coefficient (Wildman–Crippen LogP) is 2.18. The Hall–Kier alpha value is -1.06. The lowest BCUT2D eigenvalue weighted by Gasteiger charge is -2.47. The Bertz CT molecular complexity index is 358. The van der Waals surface area contributed by atoms with E-state index in [0.29, 0.717) is 0 Å². The Morgan fingerprint density at radius 1 is 1.21 bits per heavy atom. The Balaban J connectivity index is 3.16. The number of nitrogens with zero attached hydrogens (tertiary/aromatic N) is 1. The lowest BCUT2D eigenvalue weighted by atomic mass is 9.82. The Kier molecular flexibility index (Phi) is 4.64. The SMILES string of the molecule is CCC(C)N1C(=O)C(C(C)(C)C)NC(=O)C1C(C)C. The van der Waals surface area contributed by atoms with Crippen LogP contribution in [-0.4, -0.2) is 34.8 Å². The minimum atomic E-state index is -0.427. The minimum Gasteiger partial charge on any atom is -0.342 e. The summed E-state index contributed by atoms with van der Waals surface area (Å²) in [7, 11) is 0. The summed E-state index contributed by atoms with van der Waals surface area (Å²) in [6, 6.07) is -0.680. The van der Waals surface area contributed by atoms with Crippen LogP contribution in [0.3, 0.4) is 0 Å². The average Bonchev–Trinajstić information content (AvgIpc) is 2.28. The topological polar surface area (TPSA) is 49.4 Å². The maximum absolute atomic E-state index is 12.7. The second kappa shape index (κ2) is 5.51. The molecule has 0 saturated carbocycles. The molecule has 2 amide bonds. The molecule has 1 aliphatic rings. The molecule has 4 nitrogen and oxygen atoms in total. The maximum atomic E-state index is 12.7. The lowest BCUT2D eigenvalue weighted by molar-refractivity contribution is -0.157. The van der Waals surface area contributed by atoms with Crippen molar-refractivity contribution in [1.29, 1.82) is 0 Å². The highest BCUT2D eigenvalue weighted by Gasteiger charge is 2.47. The molecule has 1 saturated heterocycles. The Morgan fingerprint density at radius 2 is 1.74 bits per heavy atom. The molecule has 1 heterocycles. The molecule has 1 aliphatic heterocycles. The van der Waals surface area contributed by atoms with Crippen LogP contribution in [0.1, 0.15) is 54.9 Å². The molecule has 0 aromatic rings. The van der Waals surface area contributed by atoms with Gasteiger partial charge in [0, 0.05) is 6.04 Å².